The number of carbonyl (C=O) groups excluding carboxylic acids is 1. The van der Waals surface area contributed by atoms with E-state index in [2.05, 4.69) is 4.90 Å². The molecular weight excluding hydrogens is 214 g/mol. The third-order valence-electron chi connectivity index (χ3n) is 4.11. The van der Waals surface area contributed by atoms with Crippen LogP contribution in [0.1, 0.15) is 39.0 Å². The Labute approximate surface area is 104 Å². The van der Waals surface area contributed by atoms with E-state index in [9.17, 15) is 4.79 Å². The lowest BCUT2D eigenvalue weighted by atomic mass is 9.94. The van der Waals surface area contributed by atoms with Crippen LogP contribution in [0.4, 0.5) is 0 Å². The van der Waals surface area contributed by atoms with Crippen LogP contribution in [-0.2, 0) is 4.79 Å². The van der Waals surface area contributed by atoms with Crippen LogP contribution < -0.4 is 5.73 Å². The van der Waals surface area contributed by atoms with E-state index in [0.717, 1.165) is 32.2 Å². The van der Waals surface area contributed by atoms with Gasteiger partial charge in [-0.25, -0.2) is 0 Å². The minimum atomic E-state index is -0.351. The standard InChI is InChI=1S/C13H25N3O/c1-11(14)13(17)16-9-7-15(8-10-16)12-5-3-2-4-6-12/h11-12H,2-10,14H2,1H3/t11-/m0/s1. The third-order valence-corrected chi connectivity index (χ3v) is 4.11. The van der Waals surface area contributed by atoms with Crippen molar-refractivity contribution in [2.45, 2.75) is 51.1 Å². The van der Waals surface area contributed by atoms with Crippen LogP contribution in [0.5, 0.6) is 0 Å². The molecule has 4 heteroatoms. The summed E-state index contributed by atoms with van der Waals surface area (Å²) in [6.07, 6.45) is 6.86. The minimum Gasteiger partial charge on any atom is -0.339 e. The molecule has 17 heavy (non-hydrogen) atoms. The zero-order chi connectivity index (χ0) is 12.3. The third kappa shape index (κ3) is 3.19. The topological polar surface area (TPSA) is 49.6 Å². The summed E-state index contributed by atoms with van der Waals surface area (Å²) in [4.78, 5) is 16.3. The molecule has 0 aromatic heterocycles. The molecular formula is C13H25N3O. The van der Waals surface area contributed by atoms with Gasteiger partial charge in [-0.05, 0) is 19.8 Å². The van der Waals surface area contributed by atoms with Crippen LogP contribution in [0.15, 0.2) is 0 Å². The van der Waals surface area contributed by atoms with Gasteiger partial charge in [-0.2, -0.15) is 0 Å². The summed E-state index contributed by atoms with van der Waals surface area (Å²) >= 11 is 0. The summed E-state index contributed by atoms with van der Waals surface area (Å²) in [5.74, 6) is 0.105. The summed E-state index contributed by atoms with van der Waals surface area (Å²) in [7, 11) is 0. The fraction of sp³-hybridized carbons (Fsp3) is 0.923. The quantitative estimate of drug-likeness (QED) is 0.776. The molecule has 2 aliphatic rings. The molecule has 0 radical (unpaired) electrons. The first-order valence-electron chi connectivity index (χ1n) is 6.97. The van der Waals surface area contributed by atoms with Crippen molar-refractivity contribution in [2.75, 3.05) is 26.2 Å². The summed E-state index contributed by atoms with van der Waals surface area (Å²) in [6, 6.07) is 0.424. The van der Waals surface area contributed by atoms with Crippen molar-refractivity contribution in [3.8, 4) is 0 Å². The molecule has 2 N–H and O–H groups in total. The summed E-state index contributed by atoms with van der Waals surface area (Å²) in [6.45, 7) is 5.55. The molecule has 2 fully saturated rings. The number of rotatable bonds is 2. The van der Waals surface area contributed by atoms with Gasteiger partial charge in [0.1, 0.15) is 0 Å². The second-order valence-corrected chi connectivity index (χ2v) is 5.44. The number of piperazine rings is 1. The normalized spacial score (nSPS) is 25.9. The highest BCUT2D eigenvalue weighted by atomic mass is 16.2. The molecule has 2 rings (SSSR count). The van der Waals surface area contributed by atoms with Gasteiger partial charge in [-0.1, -0.05) is 19.3 Å². The Morgan fingerprint density at radius 2 is 1.71 bits per heavy atom. The van der Waals surface area contributed by atoms with Gasteiger partial charge >= 0.3 is 0 Å². The van der Waals surface area contributed by atoms with E-state index in [4.69, 9.17) is 5.73 Å². The molecule has 98 valence electrons. The largest absolute Gasteiger partial charge is 0.339 e. The van der Waals surface area contributed by atoms with Gasteiger partial charge in [-0.3, -0.25) is 9.69 Å². The lowest BCUT2D eigenvalue weighted by Crippen LogP contribution is -2.54. The molecule has 0 aromatic rings. The fourth-order valence-electron chi connectivity index (χ4n) is 3.04. The molecule has 0 aromatic carbocycles. The van der Waals surface area contributed by atoms with Gasteiger partial charge in [0.15, 0.2) is 0 Å². The van der Waals surface area contributed by atoms with E-state index >= 15 is 0 Å². The zero-order valence-corrected chi connectivity index (χ0v) is 10.9. The molecule has 4 nitrogen and oxygen atoms in total. The maximum absolute atomic E-state index is 11.8. The van der Waals surface area contributed by atoms with Crippen LogP contribution >= 0.6 is 0 Å². The molecule has 1 saturated carbocycles. The summed E-state index contributed by atoms with van der Waals surface area (Å²) in [5, 5.41) is 0. The lowest BCUT2D eigenvalue weighted by Gasteiger charge is -2.41. The second-order valence-electron chi connectivity index (χ2n) is 5.44. The Kier molecular flexibility index (Phi) is 4.40. The monoisotopic (exact) mass is 239 g/mol. The van der Waals surface area contributed by atoms with E-state index < -0.39 is 0 Å². The van der Waals surface area contributed by atoms with Crippen molar-refractivity contribution >= 4 is 5.91 Å². The number of carbonyl (C=O) groups is 1. The highest BCUT2D eigenvalue weighted by molar-refractivity contribution is 5.81. The summed E-state index contributed by atoms with van der Waals surface area (Å²) in [5.41, 5.74) is 5.64. The first-order chi connectivity index (χ1) is 8.18. The van der Waals surface area contributed by atoms with Crippen LogP contribution in [0.25, 0.3) is 0 Å². The van der Waals surface area contributed by atoms with Crippen molar-refractivity contribution < 1.29 is 4.79 Å². The van der Waals surface area contributed by atoms with Crippen LogP contribution in [0, 0.1) is 0 Å². The molecule has 1 saturated heterocycles. The molecule has 1 aliphatic carbocycles. The van der Waals surface area contributed by atoms with E-state index in [0.29, 0.717) is 0 Å². The van der Waals surface area contributed by atoms with Gasteiger partial charge in [0.2, 0.25) is 5.91 Å². The van der Waals surface area contributed by atoms with Crippen molar-refractivity contribution in [3.63, 3.8) is 0 Å². The van der Waals surface area contributed by atoms with Crippen LogP contribution in [0.3, 0.4) is 0 Å². The van der Waals surface area contributed by atoms with E-state index in [1.807, 2.05) is 4.90 Å². The van der Waals surface area contributed by atoms with Crippen molar-refractivity contribution in [3.05, 3.63) is 0 Å². The molecule has 1 aliphatic heterocycles. The number of hydrogen-bond acceptors (Lipinski definition) is 3. The minimum absolute atomic E-state index is 0.105. The molecule has 0 spiro atoms. The Hall–Kier alpha value is -0.610. The number of hydrogen-bond donors (Lipinski definition) is 1. The Bertz CT molecular complexity index is 253. The van der Waals surface area contributed by atoms with Gasteiger partial charge < -0.3 is 10.6 Å². The molecule has 0 unspecified atom stereocenters. The number of amides is 1. The van der Waals surface area contributed by atoms with Gasteiger partial charge in [0.25, 0.3) is 0 Å². The first kappa shape index (κ1) is 12.8. The Morgan fingerprint density at radius 3 is 2.24 bits per heavy atom. The summed E-state index contributed by atoms with van der Waals surface area (Å²) < 4.78 is 0. The second kappa shape index (κ2) is 5.83. The SMILES string of the molecule is C[C@H](N)C(=O)N1CCN(C2CCCCC2)CC1. The van der Waals surface area contributed by atoms with Gasteiger partial charge in [0.05, 0.1) is 6.04 Å². The fourth-order valence-corrected chi connectivity index (χ4v) is 3.04. The molecule has 1 heterocycles. The average molecular weight is 239 g/mol. The van der Waals surface area contributed by atoms with E-state index in [1.54, 1.807) is 6.92 Å². The zero-order valence-electron chi connectivity index (χ0n) is 10.9. The van der Waals surface area contributed by atoms with Crippen molar-refractivity contribution in [1.82, 2.24) is 9.80 Å². The van der Waals surface area contributed by atoms with E-state index in [1.165, 1.54) is 32.1 Å². The number of nitrogens with two attached hydrogens (primary N) is 1. The highest BCUT2D eigenvalue weighted by Gasteiger charge is 2.27. The van der Waals surface area contributed by atoms with Crippen molar-refractivity contribution in [1.29, 1.82) is 0 Å². The Morgan fingerprint density at radius 1 is 1.12 bits per heavy atom. The maximum atomic E-state index is 11.8. The van der Waals surface area contributed by atoms with E-state index in [-0.39, 0.29) is 11.9 Å². The number of nitrogens with zero attached hydrogens (tertiary/aromatic N) is 2. The molecule has 0 bridgehead atoms. The smallest absolute Gasteiger partial charge is 0.239 e. The first-order valence-corrected chi connectivity index (χ1v) is 6.97. The molecule has 1 atom stereocenters. The maximum Gasteiger partial charge on any atom is 0.239 e. The van der Waals surface area contributed by atoms with Gasteiger partial charge in [0, 0.05) is 32.2 Å². The average Bonchev–Trinajstić information content (AvgIpc) is 2.39. The Balaban J connectivity index is 1.79. The predicted molar refractivity (Wildman–Crippen MR) is 68.7 cm³/mol. The molecule has 1 amide bonds. The van der Waals surface area contributed by atoms with Crippen LogP contribution in [-0.4, -0.2) is 54.0 Å². The lowest BCUT2D eigenvalue weighted by molar-refractivity contribution is -0.134. The van der Waals surface area contributed by atoms with Crippen molar-refractivity contribution in [2.24, 2.45) is 5.73 Å². The predicted octanol–water partition coefficient (Wildman–Crippen LogP) is 0.811. The van der Waals surface area contributed by atoms with Gasteiger partial charge in [-0.15, -0.1) is 0 Å². The highest BCUT2D eigenvalue weighted by Crippen LogP contribution is 2.23. The van der Waals surface area contributed by atoms with Crippen LogP contribution in [0.2, 0.25) is 0 Å².